The fourth-order valence-electron chi connectivity index (χ4n) is 3.81. The Bertz CT molecular complexity index is 600. The van der Waals surface area contributed by atoms with Crippen molar-refractivity contribution in [1.29, 1.82) is 0 Å². The van der Waals surface area contributed by atoms with Crippen molar-refractivity contribution >= 4 is 14.2 Å². The van der Waals surface area contributed by atoms with E-state index >= 15 is 0 Å². The predicted molar refractivity (Wildman–Crippen MR) is 101 cm³/mol. The first-order valence-electron chi connectivity index (χ1n) is 9.14. The zero-order chi connectivity index (χ0) is 17.7. The first-order valence-corrected chi connectivity index (χ1v) is 12.0. The first-order chi connectivity index (χ1) is 11.1. The maximum Gasteiger partial charge on any atom is 0.231 e. The molecule has 0 bridgehead atoms. The maximum atomic E-state index is 12.6. The summed E-state index contributed by atoms with van der Waals surface area (Å²) in [5, 5.41) is 0.168. The summed E-state index contributed by atoms with van der Waals surface area (Å²) in [5.41, 5.74) is 1.42. The molecule has 1 fully saturated rings. The number of amides is 1. The number of allylic oxidation sites excluding steroid dienone is 4. The smallest absolute Gasteiger partial charge is 0.231 e. The van der Waals surface area contributed by atoms with Crippen LogP contribution in [0.5, 0.6) is 0 Å². The van der Waals surface area contributed by atoms with E-state index < -0.39 is 8.32 Å². The number of rotatable bonds is 5. The highest BCUT2D eigenvalue weighted by molar-refractivity contribution is 6.74. The molecular formula is C20H31NO2Si. The van der Waals surface area contributed by atoms with Crippen LogP contribution in [0.25, 0.3) is 0 Å². The molecule has 0 unspecified atom stereocenters. The lowest BCUT2D eigenvalue weighted by molar-refractivity contribution is -0.157. The van der Waals surface area contributed by atoms with Gasteiger partial charge in [-0.15, -0.1) is 0 Å². The molecule has 3 rings (SSSR count). The highest BCUT2D eigenvalue weighted by atomic mass is 28.4. The molecule has 0 N–H and O–H groups in total. The van der Waals surface area contributed by atoms with Crippen molar-refractivity contribution < 1.29 is 9.22 Å². The average molecular weight is 346 g/mol. The molecule has 4 heteroatoms. The summed E-state index contributed by atoms with van der Waals surface area (Å²) in [6.45, 7) is 14.2. The first kappa shape index (κ1) is 17.7. The number of hydrogen-bond acceptors (Lipinski definition) is 2. The second-order valence-electron chi connectivity index (χ2n) is 8.96. The van der Waals surface area contributed by atoms with Gasteiger partial charge in [-0.25, -0.2) is 0 Å². The van der Waals surface area contributed by atoms with E-state index in [9.17, 15) is 4.79 Å². The fraction of sp³-hybridized carbons (Fsp3) is 0.650. The van der Waals surface area contributed by atoms with Crippen molar-refractivity contribution in [3.63, 3.8) is 0 Å². The summed E-state index contributed by atoms with van der Waals surface area (Å²) in [7, 11) is -1.86. The lowest BCUT2D eigenvalue weighted by Crippen LogP contribution is -2.64. The normalized spacial score (nSPS) is 28.2. The van der Waals surface area contributed by atoms with Crippen molar-refractivity contribution in [3.8, 4) is 0 Å². The van der Waals surface area contributed by atoms with Crippen molar-refractivity contribution in [2.75, 3.05) is 6.54 Å². The largest absolute Gasteiger partial charge is 0.413 e. The molecule has 0 spiro atoms. The van der Waals surface area contributed by atoms with Gasteiger partial charge in [-0.1, -0.05) is 51.2 Å². The Kier molecular flexibility index (Phi) is 4.41. The van der Waals surface area contributed by atoms with Crippen molar-refractivity contribution in [1.82, 2.24) is 4.90 Å². The average Bonchev–Trinajstić information content (AvgIpc) is 3.05. The second-order valence-corrected chi connectivity index (χ2v) is 13.7. The quantitative estimate of drug-likeness (QED) is 0.422. The van der Waals surface area contributed by atoms with Crippen LogP contribution in [-0.2, 0) is 9.22 Å². The molecule has 3 atom stereocenters. The Morgan fingerprint density at radius 1 is 1.29 bits per heavy atom. The predicted octanol–water partition coefficient (Wildman–Crippen LogP) is 4.30. The van der Waals surface area contributed by atoms with Crippen LogP contribution in [-0.4, -0.2) is 37.8 Å². The third-order valence-electron chi connectivity index (χ3n) is 6.27. The Balaban J connectivity index is 1.69. The number of fused-ring (bicyclic) bond motifs is 1. The van der Waals surface area contributed by atoms with Crippen LogP contribution in [0.4, 0.5) is 0 Å². The molecule has 3 aliphatic rings. The van der Waals surface area contributed by atoms with E-state index in [1.165, 1.54) is 5.57 Å². The van der Waals surface area contributed by atoms with Gasteiger partial charge in [0.15, 0.2) is 8.32 Å². The van der Waals surface area contributed by atoms with Crippen molar-refractivity contribution in [3.05, 3.63) is 36.0 Å². The number of carbonyl (C=O) groups excluding carboxylic acids is 1. The van der Waals surface area contributed by atoms with Gasteiger partial charge in [0, 0.05) is 6.54 Å². The standard InChI is InChI=1S/C20H31NO2Si/c1-14(23-24(5,6)20(2,3)4)17-18-16(11-12-21(18)19(17)22)13-15-9-7-8-10-15/h7-11,14-15,17-18H,12-13H2,1-6H3/t14-,17-,18-/m1/s1. The number of carbonyl (C=O) groups is 1. The minimum Gasteiger partial charge on any atom is -0.413 e. The van der Waals surface area contributed by atoms with Gasteiger partial charge in [-0.3, -0.25) is 4.79 Å². The van der Waals surface area contributed by atoms with Crippen molar-refractivity contribution in [2.24, 2.45) is 11.8 Å². The van der Waals surface area contributed by atoms with E-state index in [-0.39, 0.29) is 29.0 Å². The number of nitrogens with zero attached hydrogens (tertiary/aromatic N) is 1. The third kappa shape index (κ3) is 2.95. The van der Waals surface area contributed by atoms with Gasteiger partial charge in [-0.2, -0.15) is 0 Å². The van der Waals surface area contributed by atoms with Gasteiger partial charge in [0.1, 0.15) is 0 Å². The molecule has 0 aromatic rings. The van der Waals surface area contributed by atoms with Crippen LogP contribution in [0.15, 0.2) is 36.0 Å². The topological polar surface area (TPSA) is 29.5 Å². The molecule has 24 heavy (non-hydrogen) atoms. The van der Waals surface area contributed by atoms with E-state index in [0.29, 0.717) is 5.92 Å². The van der Waals surface area contributed by atoms with Gasteiger partial charge in [-0.05, 0) is 43.0 Å². The zero-order valence-electron chi connectivity index (χ0n) is 15.9. The van der Waals surface area contributed by atoms with Gasteiger partial charge in [0.05, 0.1) is 18.1 Å². The molecule has 0 aromatic heterocycles. The molecule has 0 saturated carbocycles. The van der Waals surface area contributed by atoms with Crippen LogP contribution in [0.1, 0.15) is 34.1 Å². The Labute approximate surface area is 147 Å². The lowest BCUT2D eigenvalue weighted by atomic mass is 9.79. The number of hydrogen-bond donors (Lipinski definition) is 0. The van der Waals surface area contributed by atoms with Gasteiger partial charge in [0.2, 0.25) is 5.91 Å². The van der Waals surface area contributed by atoms with Gasteiger partial charge in [0.25, 0.3) is 0 Å². The highest BCUT2D eigenvalue weighted by Crippen LogP contribution is 2.44. The molecule has 0 aromatic carbocycles. The van der Waals surface area contributed by atoms with Gasteiger partial charge >= 0.3 is 0 Å². The minimum atomic E-state index is -1.86. The highest BCUT2D eigenvalue weighted by Gasteiger charge is 2.55. The molecule has 2 heterocycles. The van der Waals surface area contributed by atoms with Crippen LogP contribution in [0.3, 0.4) is 0 Å². The van der Waals surface area contributed by atoms with E-state index in [0.717, 1.165) is 13.0 Å². The van der Waals surface area contributed by atoms with E-state index in [1.54, 1.807) is 0 Å². The van der Waals surface area contributed by atoms with Crippen LogP contribution in [0, 0.1) is 11.8 Å². The third-order valence-corrected chi connectivity index (χ3v) is 10.8. The fourth-order valence-corrected chi connectivity index (χ4v) is 5.24. The lowest BCUT2D eigenvalue weighted by Gasteiger charge is -2.49. The summed E-state index contributed by atoms with van der Waals surface area (Å²) >= 11 is 0. The summed E-state index contributed by atoms with van der Waals surface area (Å²) in [4.78, 5) is 14.6. The molecule has 1 aliphatic carbocycles. The summed E-state index contributed by atoms with van der Waals surface area (Å²) < 4.78 is 6.54. The molecule has 1 saturated heterocycles. The minimum absolute atomic E-state index is 0.00207. The van der Waals surface area contributed by atoms with Gasteiger partial charge < -0.3 is 9.33 Å². The van der Waals surface area contributed by atoms with Crippen LogP contribution < -0.4 is 0 Å². The van der Waals surface area contributed by atoms with E-state index in [1.807, 2.05) is 4.90 Å². The monoisotopic (exact) mass is 345 g/mol. The molecule has 0 radical (unpaired) electrons. The SMILES string of the molecule is C[C@@H](O[Si](C)(C)C(C)(C)C)[C@H]1C(=O)N2CC=C(CC3C=CC=C3)[C@H]12. The summed E-state index contributed by atoms with van der Waals surface area (Å²) in [6.07, 6.45) is 12.0. The molecule has 2 aliphatic heterocycles. The zero-order valence-corrected chi connectivity index (χ0v) is 16.9. The van der Waals surface area contributed by atoms with E-state index in [4.69, 9.17) is 4.43 Å². The summed E-state index contributed by atoms with van der Waals surface area (Å²) in [6, 6.07) is 0.264. The second kappa shape index (κ2) is 5.99. The van der Waals surface area contributed by atoms with Crippen LogP contribution in [0.2, 0.25) is 18.1 Å². The molecular weight excluding hydrogens is 314 g/mol. The molecule has 3 nitrogen and oxygen atoms in total. The molecule has 1 amide bonds. The number of β-lactam (4-membered cyclic amide) rings is 1. The Morgan fingerprint density at radius 3 is 2.50 bits per heavy atom. The maximum absolute atomic E-state index is 12.6. The van der Waals surface area contributed by atoms with Crippen LogP contribution >= 0.6 is 0 Å². The van der Waals surface area contributed by atoms with E-state index in [2.05, 4.69) is 71.2 Å². The van der Waals surface area contributed by atoms with Crippen molar-refractivity contribution in [2.45, 2.75) is 64.4 Å². The molecule has 132 valence electrons. The Hall–Kier alpha value is -1.13. The summed E-state index contributed by atoms with van der Waals surface area (Å²) in [5.74, 6) is 0.765. The Morgan fingerprint density at radius 2 is 1.92 bits per heavy atom.